The molecule has 1 aliphatic heterocycles. The molecule has 154 valence electrons. The number of rotatable bonds is 5. The Morgan fingerprint density at radius 2 is 1.83 bits per heavy atom. The summed E-state index contributed by atoms with van der Waals surface area (Å²) < 4.78 is 34.9. The third-order valence-corrected chi connectivity index (χ3v) is 5.90. The first-order valence-electron chi connectivity index (χ1n) is 8.87. The monoisotopic (exact) mass is 418 g/mol. The van der Waals surface area contributed by atoms with Crippen LogP contribution in [0.1, 0.15) is 5.56 Å². The van der Waals surface area contributed by atoms with E-state index in [1.807, 2.05) is 0 Å². The fraction of sp³-hybridized carbons (Fsp3) is 0.300. The summed E-state index contributed by atoms with van der Waals surface area (Å²) in [7, 11) is -0.622. The fourth-order valence-corrected chi connectivity index (χ4v) is 3.51. The van der Waals surface area contributed by atoms with E-state index in [4.69, 9.17) is 9.47 Å². The van der Waals surface area contributed by atoms with Crippen LogP contribution in [-0.4, -0.2) is 53.4 Å². The third kappa shape index (κ3) is 4.51. The van der Waals surface area contributed by atoms with Gasteiger partial charge in [-0.2, -0.15) is 0 Å². The highest BCUT2D eigenvalue weighted by Gasteiger charge is 2.34. The number of fused-ring (bicyclic) bond motifs is 1. The van der Waals surface area contributed by atoms with E-state index in [0.29, 0.717) is 17.1 Å². The van der Waals surface area contributed by atoms with Crippen LogP contribution in [0.4, 0.5) is 11.4 Å². The Hall–Kier alpha value is -3.07. The molecule has 3 rings (SSSR count). The molecular formula is C20H22N2O6S. The van der Waals surface area contributed by atoms with Crippen molar-refractivity contribution in [1.82, 2.24) is 0 Å². The molecule has 1 aliphatic rings. The standard InChI is InChI=1S/C20H22N2O6S/c1-21(29(3,25)26)15-10-8-14(9-11-15)12-19(23)22-13-18(20(24)27-2)28-17-7-5-4-6-16(17)22/h4-11,18H,12-13H2,1-3H3/t18-/m1/s1. The van der Waals surface area contributed by atoms with Gasteiger partial charge in [-0.25, -0.2) is 13.2 Å². The van der Waals surface area contributed by atoms with E-state index < -0.39 is 22.1 Å². The first kappa shape index (κ1) is 20.7. The lowest BCUT2D eigenvalue weighted by molar-refractivity contribution is -0.148. The van der Waals surface area contributed by atoms with E-state index >= 15 is 0 Å². The van der Waals surface area contributed by atoms with E-state index in [0.717, 1.165) is 16.1 Å². The number of methoxy groups -OCH3 is 1. The lowest BCUT2D eigenvalue weighted by Gasteiger charge is -2.33. The van der Waals surface area contributed by atoms with Gasteiger partial charge in [0.2, 0.25) is 22.0 Å². The van der Waals surface area contributed by atoms with Gasteiger partial charge < -0.3 is 14.4 Å². The number of nitrogens with zero attached hydrogens (tertiary/aromatic N) is 2. The van der Waals surface area contributed by atoms with Gasteiger partial charge in [0.1, 0.15) is 5.75 Å². The van der Waals surface area contributed by atoms with Gasteiger partial charge in [-0.3, -0.25) is 9.10 Å². The molecule has 9 heteroatoms. The van der Waals surface area contributed by atoms with Gasteiger partial charge in [0, 0.05) is 7.05 Å². The number of carbonyl (C=O) groups excluding carboxylic acids is 2. The third-order valence-electron chi connectivity index (χ3n) is 4.69. The maximum Gasteiger partial charge on any atom is 0.348 e. The molecule has 0 aliphatic carbocycles. The predicted molar refractivity (Wildman–Crippen MR) is 109 cm³/mol. The molecule has 0 unspecified atom stereocenters. The summed E-state index contributed by atoms with van der Waals surface area (Å²) in [6.07, 6.45) is 0.313. The molecule has 0 saturated heterocycles. The Morgan fingerprint density at radius 1 is 1.17 bits per heavy atom. The van der Waals surface area contributed by atoms with Gasteiger partial charge >= 0.3 is 5.97 Å². The first-order valence-corrected chi connectivity index (χ1v) is 10.7. The second-order valence-electron chi connectivity index (χ2n) is 6.68. The maximum atomic E-state index is 13.0. The van der Waals surface area contributed by atoms with Crippen LogP contribution in [0, 0.1) is 0 Å². The molecular weight excluding hydrogens is 396 g/mol. The summed E-state index contributed by atoms with van der Waals surface area (Å²) in [6, 6.07) is 13.7. The molecule has 8 nitrogen and oxygen atoms in total. The van der Waals surface area contributed by atoms with Crippen molar-refractivity contribution in [2.45, 2.75) is 12.5 Å². The molecule has 0 aromatic heterocycles. The molecule has 1 atom stereocenters. The van der Waals surface area contributed by atoms with Crippen LogP contribution >= 0.6 is 0 Å². The maximum absolute atomic E-state index is 13.0. The van der Waals surface area contributed by atoms with E-state index in [2.05, 4.69) is 0 Å². The van der Waals surface area contributed by atoms with Crippen LogP contribution in [0.2, 0.25) is 0 Å². The molecule has 1 heterocycles. The average molecular weight is 418 g/mol. The average Bonchev–Trinajstić information content (AvgIpc) is 2.71. The number of sulfonamides is 1. The quantitative estimate of drug-likeness (QED) is 0.685. The van der Waals surface area contributed by atoms with E-state index in [1.54, 1.807) is 48.5 Å². The van der Waals surface area contributed by atoms with Crippen LogP contribution in [0.15, 0.2) is 48.5 Å². The molecule has 0 fully saturated rings. The van der Waals surface area contributed by atoms with Gasteiger partial charge in [-0.05, 0) is 29.8 Å². The Morgan fingerprint density at radius 3 is 2.45 bits per heavy atom. The van der Waals surface area contributed by atoms with E-state index in [9.17, 15) is 18.0 Å². The summed E-state index contributed by atoms with van der Waals surface area (Å²) in [5.74, 6) is -0.322. The highest BCUT2D eigenvalue weighted by atomic mass is 32.2. The summed E-state index contributed by atoms with van der Waals surface area (Å²) in [5, 5.41) is 0. The molecule has 2 aromatic rings. The van der Waals surface area contributed by atoms with Crippen molar-refractivity contribution in [2.75, 3.05) is 36.2 Å². The smallest absolute Gasteiger partial charge is 0.348 e. The zero-order valence-corrected chi connectivity index (χ0v) is 17.2. The van der Waals surface area contributed by atoms with Crippen molar-refractivity contribution in [3.05, 3.63) is 54.1 Å². The first-order chi connectivity index (χ1) is 13.7. The molecule has 0 saturated carbocycles. The lowest BCUT2D eigenvalue weighted by atomic mass is 10.1. The number of hydrogen-bond donors (Lipinski definition) is 0. The predicted octanol–water partition coefficient (Wildman–Crippen LogP) is 1.59. The molecule has 29 heavy (non-hydrogen) atoms. The van der Waals surface area contributed by atoms with Crippen molar-refractivity contribution in [3.63, 3.8) is 0 Å². The minimum atomic E-state index is -3.36. The van der Waals surface area contributed by atoms with Crippen LogP contribution in [-0.2, 0) is 30.8 Å². The van der Waals surface area contributed by atoms with Crippen molar-refractivity contribution < 1.29 is 27.5 Å². The van der Waals surface area contributed by atoms with Crippen LogP contribution in [0.25, 0.3) is 0 Å². The van der Waals surface area contributed by atoms with E-state index in [1.165, 1.54) is 19.1 Å². The minimum Gasteiger partial charge on any atom is -0.475 e. The van der Waals surface area contributed by atoms with Crippen molar-refractivity contribution >= 4 is 33.3 Å². The second-order valence-corrected chi connectivity index (χ2v) is 8.69. The summed E-state index contributed by atoms with van der Waals surface area (Å²) in [5.41, 5.74) is 1.82. The van der Waals surface area contributed by atoms with Crippen molar-refractivity contribution in [3.8, 4) is 5.75 Å². The Balaban J connectivity index is 1.80. The van der Waals surface area contributed by atoms with Gasteiger partial charge in [-0.1, -0.05) is 24.3 Å². The number of anilines is 2. The minimum absolute atomic E-state index is 0.0530. The highest BCUT2D eigenvalue weighted by molar-refractivity contribution is 7.92. The molecule has 0 bridgehead atoms. The Labute approximate surface area is 169 Å². The number of ether oxygens (including phenoxy) is 2. The normalized spacial score (nSPS) is 15.8. The van der Waals surface area contributed by atoms with Crippen LogP contribution < -0.4 is 13.9 Å². The van der Waals surface area contributed by atoms with Gasteiger partial charge in [-0.15, -0.1) is 0 Å². The van der Waals surface area contributed by atoms with Crippen molar-refractivity contribution in [1.29, 1.82) is 0 Å². The van der Waals surface area contributed by atoms with E-state index in [-0.39, 0.29) is 18.9 Å². The molecule has 0 N–H and O–H groups in total. The summed E-state index contributed by atoms with van der Waals surface area (Å²) in [4.78, 5) is 26.4. The molecule has 0 radical (unpaired) electrons. The molecule has 2 aromatic carbocycles. The summed E-state index contributed by atoms with van der Waals surface area (Å²) in [6.45, 7) is 0.0530. The SMILES string of the molecule is COC(=O)[C@H]1CN(C(=O)Cc2ccc(N(C)S(C)(=O)=O)cc2)c2ccccc2O1. The largest absolute Gasteiger partial charge is 0.475 e. The highest BCUT2D eigenvalue weighted by Crippen LogP contribution is 2.33. The Bertz CT molecular complexity index is 1020. The molecule has 0 spiro atoms. The topological polar surface area (TPSA) is 93.2 Å². The second kappa shape index (κ2) is 8.12. The number of para-hydroxylation sites is 2. The van der Waals surface area contributed by atoms with Crippen molar-refractivity contribution in [2.24, 2.45) is 0 Å². The van der Waals surface area contributed by atoms with Gasteiger partial charge in [0.05, 0.1) is 37.7 Å². The zero-order valence-electron chi connectivity index (χ0n) is 16.4. The Kier molecular flexibility index (Phi) is 5.78. The number of carbonyl (C=O) groups is 2. The van der Waals surface area contributed by atoms with Gasteiger partial charge in [0.25, 0.3) is 0 Å². The van der Waals surface area contributed by atoms with Crippen LogP contribution in [0.5, 0.6) is 5.75 Å². The lowest BCUT2D eigenvalue weighted by Crippen LogP contribution is -2.48. The zero-order chi connectivity index (χ0) is 21.2. The fourth-order valence-electron chi connectivity index (χ4n) is 3.01. The summed E-state index contributed by atoms with van der Waals surface area (Å²) >= 11 is 0. The van der Waals surface area contributed by atoms with Crippen LogP contribution in [0.3, 0.4) is 0 Å². The number of hydrogen-bond acceptors (Lipinski definition) is 6. The number of esters is 1. The number of benzene rings is 2. The molecule has 1 amide bonds. The number of amides is 1. The van der Waals surface area contributed by atoms with Gasteiger partial charge in [0.15, 0.2) is 0 Å².